The summed E-state index contributed by atoms with van der Waals surface area (Å²) < 4.78 is 0. The van der Waals surface area contributed by atoms with E-state index in [1.54, 1.807) is 12.1 Å². The summed E-state index contributed by atoms with van der Waals surface area (Å²) in [4.78, 5) is 25.8. The van der Waals surface area contributed by atoms with Crippen molar-refractivity contribution in [2.24, 2.45) is 0 Å². The fourth-order valence-corrected chi connectivity index (χ4v) is 4.42. The molecule has 0 saturated carbocycles. The van der Waals surface area contributed by atoms with Crippen LogP contribution in [0.25, 0.3) is 22.3 Å². The Labute approximate surface area is 197 Å². The van der Waals surface area contributed by atoms with Crippen LogP contribution in [-0.2, 0) is 5.41 Å². The number of fused-ring (bicyclic) bond motifs is 3. The third kappa shape index (κ3) is 4.13. The molecule has 170 valence electrons. The summed E-state index contributed by atoms with van der Waals surface area (Å²) in [5, 5.41) is 3.64. The second kappa shape index (κ2) is 8.30. The zero-order valence-electron chi connectivity index (χ0n) is 20.5. The molecule has 4 rings (SSSR count). The monoisotopic (exact) mass is 439 g/mol. The van der Waals surface area contributed by atoms with Crippen LogP contribution >= 0.6 is 0 Å². The van der Waals surface area contributed by atoms with E-state index in [-0.39, 0.29) is 11.0 Å². The Morgan fingerprint density at radius 1 is 0.667 bits per heavy atom. The van der Waals surface area contributed by atoms with E-state index < -0.39 is 11.6 Å². The fraction of sp³-hybridized carbons (Fsp3) is 0.333. The van der Waals surface area contributed by atoms with Crippen LogP contribution in [0.1, 0.15) is 80.7 Å². The maximum absolute atomic E-state index is 13.0. The zero-order chi connectivity index (χ0) is 24.0. The molecule has 0 radical (unpaired) electrons. The minimum Gasteiger partial charge on any atom is -0.380 e. The first-order valence-electron chi connectivity index (χ1n) is 11.8. The Bertz CT molecular complexity index is 1250. The third-order valence-electron chi connectivity index (χ3n) is 7.24. The van der Waals surface area contributed by atoms with E-state index in [1.807, 2.05) is 24.3 Å². The van der Waals surface area contributed by atoms with Crippen LogP contribution in [-0.4, -0.2) is 17.1 Å². The third-order valence-corrected chi connectivity index (χ3v) is 7.24. The number of rotatable bonds is 6. The number of hydrogen-bond donors (Lipinski definition) is 1. The number of Topliss-reactive ketones (excluding diaryl/α,β-unsaturated/α-hetero) is 2. The smallest absolute Gasteiger partial charge is 0.234 e. The minimum absolute atomic E-state index is 0.0268. The van der Waals surface area contributed by atoms with E-state index in [1.165, 1.54) is 5.56 Å². The molecule has 0 aliphatic heterocycles. The van der Waals surface area contributed by atoms with Crippen molar-refractivity contribution in [1.82, 2.24) is 0 Å². The van der Waals surface area contributed by atoms with Gasteiger partial charge in [-0.15, -0.1) is 0 Å². The Kier molecular flexibility index (Phi) is 5.78. The van der Waals surface area contributed by atoms with E-state index >= 15 is 0 Å². The first-order chi connectivity index (χ1) is 15.6. The van der Waals surface area contributed by atoms with E-state index in [0.717, 1.165) is 40.8 Å². The van der Waals surface area contributed by atoms with Crippen LogP contribution in [0.4, 0.5) is 5.69 Å². The number of hydrogen-bond acceptors (Lipinski definition) is 3. The van der Waals surface area contributed by atoms with Crippen molar-refractivity contribution in [2.45, 2.75) is 65.3 Å². The van der Waals surface area contributed by atoms with Crippen molar-refractivity contribution in [2.75, 3.05) is 5.32 Å². The van der Waals surface area contributed by atoms with Gasteiger partial charge < -0.3 is 5.32 Å². The molecule has 3 heteroatoms. The average molecular weight is 440 g/mol. The molecular formula is C30H33NO2. The van der Waals surface area contributed by atoms with Gasteiger partial charge in [-0.25, -0.2) is 0 Å². The fourth-order valence-electron chi connectivity index (χ4n) is 4.42. The molecule has 1 N–H and O–H groups in total. The Morgan fingerprint density at radius 2 is 1.30 bits per heavy atom. The van der Waals surface area contributed by atoms with Gasteiger partial charge in [0.25, 0.3) is 0 Å². The first-order valence-corrected chi connectivity index (χ1v) is 11.8. The molecule has 3 aromatic rings. The zero-order valence-corrected chi connectivity index (χ0v) is 20.5. The maximum Gasteiger partial charge on any atom is 0.234 e. The van der Waals surface area contributed by atoms with Crippen molar-refractivity contribution >= 4 is 17.3 Å². The van der Waals surface area contributed by atoms with Crippen LogP contribution in [0.2, 0.25) is 0 Å². The van der Waals surface area contributed by atoms with Gasteiger partial charge in [0.2, 0.25) is 11.6 Å². The average Bonchev–Trinajstić information content (AvgIpc) is 2.81. The molecule has 0 unspecified atom stereocenters. The van der Waals surface area contributed by atoms with Crippen molar-refractivity contribution in [3.63, 3.8) is 0 Å². The topological polar surface area (TPSA) is 46.2 Å². The summed E-state index contributed by atoms with van der Waals surface area (Å²) >= 11 is 0. The van der Waals surface area contributed by atoms with Crippen LogP contribution in [0.3, 0.4) is 0 Å². The van der Waals surface area contributed by atoms with E-state index in [2.05, 4.69) is 71.1 Å². The van der Waals surface area contributed by atoms with Crippen LogP contribution in [0, 0.1) is 0 Å². The SMILES string of the molecule is CCC(C)(C)Nc1ccc(C(C)(C)CC)c(-c2ccc3c(c2)C(=O)C(=O)c2ccccc2-3)c1. The number of carbonyl (C=O) groups is 2. The van der Waals surface area contributed by atoms with Gasteiger partial charge in [-0.05, 0) is 78.1 Å². The standard InChI is InChI=1S/C30H33NO2/c1-7-29(3,4)26-16-14-20(31-30(5,6)8-2)18-24(26)19-13-15-22-21-11-9-10-12-23(21)27(32)28(33)25(22)17-19/h9-18,31H,7-8H2,1-6H3. The lowest BCUT2D eigenvalue weighted by atomic mass is 9.77. The molecule has 0 heterocycles. The first kappa shape index (κ1) is 23.0. The molecule has 3 nitrogen and oxygen atoms in total. The van der Waals surface area contributed by atoms with Gasteiger partial charge in [0.05, 0.1) is 0 Å². The largest absolute Gasteiger partial charge is 0.380 e. The van der Waals surface area contributed by atoms with Gasteiger partial charge in [0.1, 0.15) is 0 Å². The van der Waals surface area contributed by atoms with Gasteiger partial charge in [0, 0.05) is 22.4 Å². The number of anilines is 1. The molecule has 0 bridgehead atoms. The summed E-state index contributed by atoms with van der Waals surface area (Å²) in [6, 6.07) is 19.9. The number of nitrogens with one attached hydrogen (secondary N) is 1. The van der Waals surface area contributed by atoms with Gasteiger partial charge in [-0.3, -0.25) is 9.59 Å². The molecule has 1 aliphatic carbocycles. The second-order valence-electron chi connectivity index (χ2n) is 10.3. The van der Waals surface area contributed by atoms with E-state index in [0.29, 0.717) is 11.1 Å². The summed E-state index contributed by atoms with van der Waals surface area (Å²) in [6.45, 7) is 13.2. The van der Waals surface area contributed by atoms with Crippen LogP contribution < -0.4 is 5.32 Å². The molecule has 0 fully saturated rings. The summed E-state index contributed by atoms with van der Waals surface area (Å²) in [7, 11) is 0. The van der Waals surface area contributed by atoms with Crippen molar-refractivity contribution < 1.29 is 9.59 Å². The lowest BCUT2D eigenvalue weighted by molar-refractivity contribution is 0.0815. The predicted molar refractivity (Wildman–Crippen MR) is 137 cm³/mol. The predicted octanol–water partition coefficient (Wildman–Crippen LogP) is 7.69. The molecule has 3 aromatic carbocycles. The molecule has 1 aliphatic rings. The Morgan fingerprint density at radius 3 is 1.97 bits per heavy atom. The van der Waals surface area contributed by atoms with E-state index in [4.69, 9.17) is 0 Å². The summed E-state index contributed by atoms with van der Waals surface area (Å²) in [6.07, 6.45) is 1.99. The molecule has 0 saturated heterocycles. The lowest BCUT2D eigenvalue weighted by Crippen LogP contribution is -2.29. The minimum atomic E-state index is -0.428. The van der Waals surface area contributed by atoms with Gasteiger partial charge in [-0.1, -0.05) is 70.2 Å². The number of benzene rings is 3. The highest BCUT2D eigenvalue weighted by atomic mass is 16.2. The van der Waals surface area contributed by atoms with Crippen LogP contribution in [0.5, 0.6) is 0 Å². The molecule has 0 spiro atoms. The molecule has 0 atom stereocenters. The highest BCUT2D eigenvalue weighted by Gasteiger charge is 2.31. The van der Waals surface area contributed by atoms with Crippen LogP contribution in [0.15, 0.2) is 60.7 Å². The quantitative estimate of drug-likeness (QED) is 0.401. The Balaban J connectivity index is 1.90. The van der Waals surface area contributed by atoms with Gasteiger partial charge in [0.15, 0.2) is 0 Å². The highest BCUT2D eigenvalue weighted by molar-refractivity contribution is 6.53. The van der Waals surface area contributed by atoms with Gasteiger partial charge in [-0.2, -0.15) is 0 Å². The highest BCUT2D eigenvalue weighted by Crippen LogP contribution is 2.41. The van der Waals surface area contributed by atoms with Crippen molar-refractivity contribution in [3.8, 4) is 22.3 Å². The number of ketones is 2. The molecule has 0 aromatic heterocycles. The summed E-state index contributed by atoms with van der Waals surface area (Å²) in [5.41, 5.74) is 6.93. The second-order valence-corrected chi connectivity index (χ2v) is 10.3. The maximum atomic E-state index is 13.0. The normalized spacial score (nSPS) is 13.5. The molecular weight excluding hydrogens is 406 g/mol. The van der Waals surface area contributed by atoms with Crippen molar-refractivity contribution in [3.05, 3.63) is 77.4 Å². The summed E-state index contributed by atoms with van der Waals surface area (Å²) in [5.74, 6) is -0.854. The van der Waals surface area contributed by atoms with Gasteiger partial charge >= 0.3 is 0 Å². The lowest BCUT2D eigenvalue weighted by Gasteiger charge is -2.30. The van der Waals surface area contributed by atoms with Crippen molar-refractivity contribution in [1.29, 1.82) is 0 Å². The molecule has 0 amide bonds. The molecule has 33 heavy (non-hydrogen) atoms. The number of carbonyl (C=O) groups excluding carboxylic acids is 2. The Hall–Kier alpha value is -3.20. The van der Waals surface area contributed by atoms with E-state index in [9.17, 15) is 9.59 Å².